The lowest BCUT2D eigenvalue weighted by atomic mass is 10.3. The highest BCUT2D eigenvalue weighted by molar-refractivity contribution is 7.46. The van der Waals surface area contributed by atoms with Gasteiger partial charge in [0.05, 0.1) is 0 Å². The van der Waals surface area contributed by atoms with E-state index in [2.05, 4.69) is 4.52 Å². The second kappa shape index (κ2) is 8.30. The third kappa shape index (κ3) is 9.68. The minimum atomic E-state index is -4.39. The van der Waals surface area contributed by atoms with Gasteiger partial charge in [-0.05, 0) is 26.0 Å². The summed E-state index contributed by atoms with van der Waals surface area (Å²) in [5.41, 5.74) is 0. The largest absolute Gasteiger partial charge is 0.524 e. The molecule has 0 bridgehead atoms. The molecule has 0 unspecified atom stereocenters. The predicted octanol–water partition coefficient (Wildman–Crippen LogP) is 2.20. The molecular weight excluding hydrogens is 231 g/mol. The summed E-state index contributed by atoms with van der Waals surface area (Å²) in [7, 11) is -4.39. The number of hydrogen-bond acceptors (Lipinski definition) is 3. The van der Waals surface area contributed by atoms with E-state index in [4.69, 9.17) is 14.5 Å². The zero-order valence-corrected chi connectivity index (χ0v) is 10.3. The molecule has 0 saturated carbocycles. The van der Waals surface area contributed by atoms with E-state index in [0.29, 0.717) is 0 Å². The molecule has 0 spiro atoms. The van der Waals surface area contributed by atoms with Crippen LogP contribution in [-0.4, -0.2) is 23.0 Å². The first-order valence-electron chi connectivity index (χ1n) is 4.87. The fourth-order valence-corrected chi connectivity index (χ4v) is 1.22. The van der Waals surface area contributed by atoms with E-state index in [-0.39, 0.29) is 5.75 Å². The molecule has 0 atom stereocenters. The van der Waals surface area contributed by atoms with Crippen LogP contribution in [0.15, 0.2) is 30.3 Å². The average molecular weight is 248 g/mol. The summed E-state index contributed by atoms with van der Waals surface area (Å²) in [6.07, 6.45) is 0. The van der Waals surface area contributed by atoms with Gasteiger partial charge in [0, 0.05) is 13.2 Å². The van der Waals surface area contributed by atoms with E-state index in [9.17, 15) is 4.57 Å². The predicted molar refractivity (Wildman–Crippen MR) is 61.3 cm³/mol. The standard InChI is InChI=1S/C6H7O4P.C4H10O/c7-11(8,9)10-6-4-2-1-3-5-6;1-3-5-4-2/h1-5H,(H2,7,8,9);3-4H2,1-2H3. The van der Waals surface area contributed by atoms with Crippen LogP contribution in [0, 0.1) is 0 Å². The van der Waals surface area contributed by atoms with Crippen LogP contribution in [0.3, 0.4) is 0 Å². The van der Waals surface area contributed by atoms with Crippen molar-refractivity contribution in [1.29, 1.82) is 0 Å². The Morgan fingerprint density at radius 2 is 1.62 bits per heavy atom. The summed E-state index contributed by atoms with van der Waals surface area (Å²) in [5, 5.41) is 0. The molecule has 0 amide bonds. The van der Waals surface area contributed by atoms with E-state index < -0.39 is 7.82 Å². The van der Waals surface area contributed by atoms with Crippen molar-refractivity contribution in [3.63, 3.8) is 0 Å². The summed E-state index contributed by atoms with van der Waals surface area (Å²) in [5.74, 6) is 0.167. The molecule has 92 valence electrons. The zero-order valence-electron chi connectivity index (χ0n) is 9.37. The molecule has 0 aliphatic rings. The smallest absolute Gasteiger partial charge is 0.404 e. The average Bonchev–Trinajstić information content (AvgIpc) is 2.19. The molecule has 0 fully saturated rings. The second-order valence-corrected chi connectivity index (χ2v) is 3.84. The second-order valence-electron chi connectivity index (χ2n) is 2.68. The van der Waals surface area contributed by atoms with E-state index in [1.165, 1.54) is 12.1 Å². The quantitative estimate of drug-likeness (QED) is 0.799. The van der Waals surface area contributed by atoms with Crippen LogP contribution in [0.1, 0.15) is 13.8 Å². The lowest BCUT2D eigenvalue weighted by molar-refractivity contribution is 0.162. The molecule has 6 heteroatoms. The van der Waals surface area contributed by atoms with E-state index in [1.54, 1.807) is 18.2 Å². The normalized spacial score (nSPS) is 10.2. The van der Waals surface area contributed by atoms with Gasteiger partial charge >= 0.3 is 7.82 Å². The van der Waals surface area contributed by atoms with Crippen molar-refractivity contribution < 1.29 is 23.6 Å². The van der Waals surface area contributed by atoms with Crippen molar-refractivity contribution in [2.75, 3.05) is 13.2 Å². The van der Waals surface area contributed by atoms with Gasteiger partial charge in [-0.1, -0.05) is 18.2 Å². The van der Waals surface area contributed by atoms with Crippen LogP contribution in [0.4, 0.5) is 0 Å². The lowest BCUT2D eigenvalue weighted by Crippen LogP contribution is -1.88. The molecule has 1 aromatic rings. The molecule has 0 radical (unpaired) electrons. The minimum absolute atomic E-state index is 0.167. The maximum atomic E-state index is 10.3. The Balaban J connectivity index is 0.000000385. The van der Waals surface area contributed by atoms with Crippen molar-refractivity contribution in [3.8, 4) is 5.75 Å². The molecule has 0 heterocycles. The van der Waals surface area contributed by atoms with E-state index >= 15 is 0 Å². The molecule has 0 aliphatic heterocycles. The van der Waals surface area contributed by atoms with Crippen LogP contribution in [0.5, 0.6) is 5.75 Å². The van der Waals surface area contributed by atoms with Crippen molar-refractivity contribution >= 4 is 7.82 Å². The Morgan fingerprint density at radius 3 is 1.94 bits per heavy atom. The van der Waals surface area contributed by atoms with Crippen LogP contribution in [-0.2, 0) is 9.30 Å². The minimum Gasteiger partial charge on any atom is -0.404 e. The molecular formula is C10H17O5P. The summed E-state index contributed by atoms with van der Waals surface area (Å²) in [4.78, 5) is 16.7. The van der Waals surface area contributed by atoms with Crippen molar-refractivity contribution in [1.82, 2.24) is 0 Å². The number of hydrogen-bond donors (Lipinski definition) is 2. The number of benzene rings is 1. The Morgan fingerprint density at radius 1 is 1.12 bits per heavy atom. The lowest BCUT2D eigenvalue weighted by Gasteiger charge is -2.04. The van der Waals surface area contributed by atoms with Gasteiger partial charge in [-0.2, -0.15) is 0 Å². The maximum absolute atomic E-state index is 10.3. The van der Waals surface area contributed by atoms with Crippen LogP contribution >= 0.6 is 7.82 Å². The van der Waals surface area contributed by atoms with Crippen LogP contribution < -0.4 is 4.52 Å². The molecule has 16 heavy (non-hydrogen) atoms. The number of phosphoric ester groups is 1. The molecule has 0 aromatic heterocycles. The summed E-state index contributed by atoms with van der Waals surface area (Å²) < 4.78 is 19.4. The van der Waals surface area contributed by atoms with Gasteiger partial charge in [-0.3, -0.25) is 9.79 Å². The number of para-hydroxylation sites is 1. The molecule has 1 aromatic carbocycles. The van der Waals surface area contributed by atoms with Crippen LogP contribution in [0.25, 0.3) is 0 Å². The Labute approximate surface area is 95.3 Å². The Bertz CT molecular complexity index is 306. The van der Waals surface area contributed by atoms with Crippen molar-refractivity contribution in [2.24, 2.45) is 0 Å². The number of ether oxygens (including phenoxy) is 1. The van der Waals surface area contributed by atoms with E-state index in [0.717, 1.165) is 13.2 Å². The topological polar surface area (TPSA) is 76.0 Å². The first kappa shape index (κ1) is 15.1. The molecule has 1 rings (SSSR count). The summed E-state index contributed by atoms with van der Waals surface area (Å²) in [6.45, 7) is 5.67. The van der Waals surface area contributed by atoms with Crippen molar-refractivity contribution in [2.45, 2.75) is 13.8 Å². The third-order valence-corrected chi connectivity index (χ3v) is 1.82. The highest BCUT2D eigenvalue weighted by atomic mass is 31.2. The van der Waals surface area contributed by atoms with Gasteiger partial charge in [-0.15, -0.1) is 0 Å². The Kier molecular flexibility index (Phi) is 7.85. The highest BCUT2D eigenvalue weighted by Gasteiger charge is 2.14. The van der Waals surface area contributed by atoms with Gasteiger partial charge in [-0.25, -0.2) is 4.57 Å². The van der Waals surface area contributed by atoms with Gasteiger partial charge < -0.3 is 9.26 Å². The molecule has 0 saturated heterocycles. The SMILES string of the molecule is CCOCC.O=P(O)(O)Oc1ccccc1. The molecule has 0 aliphatic carbocycles. The van der Waals surface area contributed by atoms with Crippen LogP contribution in [0.2, 0.25) is 0 Å². The van der Waals surface area contributed by atoms with E-state index in [1.807, 2.05) is 13.8 Å². The van der Waals surface area contributed by atoms with Crippen molar-refractivity contribution in [3.05, 3.63) is 30.3 Å². The highest BCUT2D eigenvalue weighted by Crippen LogP contribution is 2.36. The first-order valence-corrected chi connectivity index (χ1v) is 6.40. The third-order valence-electron chi connectivity index (χ3n) is 1.38. The molecule has 5 nitrogen and oxygen atoms in total. The number of rotatable bonds is 4. The summed E-state index contributed by atoms with van der Waals surface area (Å²) >= 11 is 0. The Hall–Kier alpha value is -0.870. The van der Waals surface area contributed by atoms with Gasteiger partial charge in [0.25, 0.3) is 0 Å². The van der Waals surface area contributed by atoms with Gasteiger partial charge in [0.2, 0.25) is 0 Å². The van der Waals surface area contributed by atoms with Gasteiger partial charge in [0.1, 0.15) is 5.75 Å². The fraction of sp³-hybridized carbons (Fsp3) is 0.400. The monoisotopic (exact) mass is 248 g/mol. The molecule has 2 N–H and O–H groups in total. The maximum Gasteiger partial charge on any atom is 0.524 e. The first-order chi connectivity index (χ1) is 7.49. The van der Waals surface area contributed by atoms with Gasteiger partial charge in [0.15, 0.2) is 0 Å². The zero-order chi connectivity index (χ0) is 12.4. The number of phosphoric acid groups is 1. The summed E-state index contributed by atoms with van der Waals surface area (Å²) in [6, 6.07) is 7.93. The fourth-order valence-electron chi connectivity index (χ4n) is 0.823.